The first-order valence-electron chi connectivity index (χ1n) is 9.85. The van der Waals surface area contributed by atoms with Crippen molar-refractivity contribution < 1.29 is 18.5 Å². The van der Waals surface area contributed by atoms with Gasteiger partial charge >= 0.3 is 0 Å². The van der Waals surface area contributed by atoms with Gasteiger partial charge in [-0.2, -0.15) is 0 Å². The van der Waals surface area contributed by atoms with Crippen LogP contribution in [0.1, 0.15) is 40.2 Å². The number of carbonyl (C=O) groups excluding carboxylic acids is 2. The van der Waals surface area contributed by atoms with E-state index in [1.54, 1.807) is 24.8 Å². The largest absolute Gasteiger partial charge is 0.361 e. The quantitative estimate of drug-likeness (QED) is 0.853. The highest BCUT2D eigenvalue weighted by Gasteiger charge is 2.44. The number of benzene rings is 1. The summed E-state index contributed by atoms with van der Waals surface area (Å²) in [6, 6.07) is 6.53. The van der Waals surface area contributed by atoms with Gasteiger partial charge in [-0.05, 0) is 38.0 Å². The molecule has 1 atom stereocenters. The second kappa shape index (κ2) is 7.59. The Hall–Kier alpha value is -2.74. The van der Waals surface area contributed by atoms with E-state index in [4.69, 9.17) is 4.52 Å². The molecule has 8 heteroatoms. The third-order valence-corrected chi connectivity index (χ3v) is 5.77. The van der Waals surface area contributed by atoms with E-state index in [9.17, 15) is 14.0 Å². The Bertz CT molecular complexity index is 924. The monoisotopic (exact) mass is 400 g/mol. The van der Waals surface area contributed by atoms with Gasteiger partial charge in [-0.25, -0.2) is 4.39 Å². The van der Waals surface area contributed by atoms with Gasteiger partial charge in [0.25, 0.3) is 5.91 Å². The molecule has 1 spiro atoms. The lowest BCUT2D eigenvalue weighted by atomic mass is 9.97. The van der Waals surface area contributed by atoms with E-state index < -0.39 is 5.54 Å². The minimum atomic E-state index is -0.504. The first-order chi connectivity index (χ1) is 13.8. The Balaban J connectivity index is 1.51. The summed E-state index contributed by atoms with van der Waals surface area (Å²) in [4.78, 5) is 29.3. The molecule has 154 valence electrons. The summed E-state index contributed by atoms with van der Waals surface area (Å²) >= 11 is 0. The average molecular weight is 400 g/mol. The molecule has 2 fully saturated rings. The highest BCUT2D eigenvalue weighted by atomic mass is 19.1. The topological polar surface area (TPSA) is 78.7 Å². The van der Waals surface area contributed by atoms with Crippen LogP contribution in [0.4, 0.5) is 4.39 Å². The Morgan fingerprint density at radius 1 is 1.31 bits per heavy atom. The van der Waals surface area contributed by atoms with Crippen molar-refractivity contribution in [2.75, 3.05) is 26.2 Å². The lowest BCUT2D eigenvalue weighted by Gasteiger charge is -2.33. The second-order valence-electron chi connectivity index (χ2n) is 8.09. The SMILES string of the molecule is Cc1noc(C)c1C(=O)N1CCC2(CN(Cc3cccc(F)c3)CCC(=O)N2)C1. The maximum Gasteiger partial charge on any atom is 0.259 e. The Labute approximate surface area is 168 Å². The van der Waals surface area contributed by atoms with Gasteiger partial charge in [0.1, 0.15) is 17.1 Å². The molecule has 29 heavy (non-hydrogen) atoms. The number of likely N-dealkylation sites (tertiary alicyclic amines) is 1. The number of aromatic nitrogens is 1. The maximum atomic E-state index is 13.6. The fourth-order valence-electron chi connectivity index (χ4n) is 4.42. The van der Waals surface area contributed by atoms with Crippen LogP contribution in [-0.4, -0.2) is 58.5 Å². The molecule has 4 rings (SSSR count). The van der Waals surface area contributed by atoms with E-state index in [0.717, 1.165) is 5.56 Å². The lowest BCUT2D eigenvalue weighted by molar-refractivity contribution is -0.122. The van der Waals surface area contributed by atoms with E-state index in [2.05, 4.69) is 15.4 Å². The zero-order valence-corrected chi connectivity index (χ0v) is 16.7. The highest BCUT2D eigenvalue weighted by molar-refractivity contribution is 5.96. The first-order valence-corrected chi connectivity index (χ1v) is 9.85. The van der Waals surface area contributed by atoms with Crippen molar-refractivity contribution in [3.05, 3.63) is 52.7 Å². The predicted molar refractivity (Wildman–Crippen MR) is 104 cm³/mol. The molecular weight excluding hydrogens is 375 g/mol. The van der Waals surface area contributed by atoms with Crippen LogP contribution in [0.5, 0.6) is 0 Å². The van der Waals surface area contributed by atoms with Crippen molar-refractivity contribution >= 4 is 11.8 Å². The fraction of sp³-hybridized carbons (Fsp3) is 0.476. The van der Waals surface area contributed by atoms with Crippen LogP contribution in [0.2, 0.25) is 0 Å². The second-order valence-corrected chi connectivity index (χ2v) is 8.09. The smallest absolute Gasteiger partial charge is 0.259 e. The van der Waals surface area contributed by atoms with Gasteiger partial charge < -0.3 is 14.7 Å². The van der Waals surface area contributed by atoms with Crippen molar-refractivity contribution in [3.63, 3.8) is 0 Å². The summed E-state index contributed by atoms with van der Waals surface area (Å²) in [5.41, 5.74) is 1.44. The Morgan fingerprint density at radius 3 is 2.86 bits per heavy atom. The summed E-state index contributed by atoms with van der Waals surface area (Å²) in [5, 5.41) is 7.03. The number of carbonyl (C=O) groups is 2. The van der Waals surface area contributed by atoms with Crippen molar-refractivity contribution in [3.8, 4) is 0 Å². The standard InChI is InChI=1S/C21H25FN4O3/c1-14-19(15(2)29-24-14)20(28)26-9-7-21(13-26)12-25(8-6-18(27)23-21)11-16-4-3-5-17(22)10-16/h3-5,10H,6-9,11-13H2,1-2H3,(H,23,27). The summed E-state index contributed by atoms with van der Waals surface area (Å²) < 4.78 is 18.7. The van der Waals surface area contributed by atoms with Gasteiger partial charge in [-0.3, -0.25) is 14.5 Å². The van der Waals surface area contributed by atoms with Crippen LogP contribution in [0, 0.1) is 19.7 Å². The molecule has 1 aromatic heterocycles. The number of nitrogens with zero attached hydrogens (tertiary/aromatic N) is 3. The Kier molecular flexibility index (Phi) is 5.12. The molecule has 0 radical (unpaired) electrons. The van der Waals surface area contributed by atoms with Crippen LogP contribution < -0.4 is 5.32 Å². The number of halogens is 1. The summed E-state index contributed by atoms with van der Waals surface area (Å²) in [5.74, 6) is 0.108. The van der Waals surface area contributed by atoms with Crippen molar-refractivity contribution in [1.29, 1.82) is 0 Å². The maximum absolute atomic E-state index is 13.6. The molecular formula is C21H25FN4O3. The third-order valence-electron chi connectivity index (χ3n) is 5.77. The molecule has 1 aromatic carbocycles. The predicted octanol–water partition coefficient (Wildman–Crippen LogP) is 2.04. The summed E-state index contributed by atoms with van der Waals surface area (Å²) in [7, 11) is 0. The molecule has 0 aliphatic carbocycles. The van der Waals surface area contributed by atoms with Crippen molar-refractivity contribution in [1.82, 2.24) is 20.3 Å². The minimum absolute atomic E-state index is 0.0154. The van der Waals surface area contributed by atoms with Crippen LogP contribution in [0.15, 0.2) is 28.8 Å². The fourth-order valence-corrected chi connectivity index (χ4v) is 4.42. The first kappa shape index (κ1) is 19.6. The molecule has 7 nitrogen and oxygen atoms in total. The molecule has 2 amide bonds. The van der Waals surface area contributed by atoms with Gasteiger partial charge in [0.2, 0.25) is 5.91 Å². The van der Waals surface area contributed by atoms with Gasteiger partial charge in [0.15, 0.2) is 0 Å². The van der Waals surface area contributed by atoms with Gasteiger partial charge in [-0.15, -0.1) is 0 Å². The average Bonchev–Trinajstić information content (AvgIpc) is 3.18. The van der Waals surface area contributed by atoms with Crippen molar-refractivity contribution in [2.45, 2.75) is 38.8 Å². The molecule has 2 aromatic rings. The molecule has 0 bridgehead atoms. The van der Waals surface area contributed by atoms with E-state index in [0.29, 0.717) is 62.6 Å². The summed E-state index contributed by atoms with van der Waals surface area (Å²) in [6.07, 6.45) is 1.06. The number of hydrogen-bond acceptors (Lipinski definition) is 5. The van der Waals surface area contributed by atoms with Crippen LogP contribution in [0.25, 0.3) is 0 Å². The number of aryl methyl sites for hydroxylation is 2. The van der Waals surface area contributed by atoms with Crippen LogP contribution in [-0.2, 0) is 11.3 Å². The van der Waals surface area contributed by atoms with Crippen molar-refractivity contribution in [2.24, 2.45) is 0 Å². The molecule has 1 unspecified atom stereocenters. The minimum Gasteiger partial charge on any atom is -0.361 e. The molecule has 2 aliphatic heterocycles. The normalized spacial score (nSPS) is 22.7. The number of nitrogens with one attached hydrogen (secondary N) is 1. The third kappa shape index (κ3) is 4.03. The van der Waals surface area contributed by atoms with E-state index in [1.165, 1.54) is 12.1 Å². The van der Waals surface area contributed by atoms with Crippen LogP contribution >= 0.6 is 0 Å². The molecule has 1 N–H and O–H groups in total. The van der Waals surface area contributed by atoms with Gasteiger partial charge in [0, 0.05) is 39.1 Å². The Morgan fingerprint density at radius 2 is 2.14 bits per heavy atom. The molecule has 2 saturated heterocycles. The zero-order chi connectivity index (χ0) is 20.6. The molecule has 0 saturated carbocycles. The van der Waals surface area contributed by atoms with E-state index in [1.807, 2.05) is 6.07 Å². The van der Waals surface area contributed by atoms with Gasteiger partial charge in [0.05, 0.1) is 11.2 Å². The molecule has 3 heterocycles. The zero-order valence-electron chi connectivity index (χ0n) is 16.7. The highest BCUT2D eigenvalue weighted by Crippen LogP contribution is 2.28. The molecule has 2 aliphatic rings. The number of hydrogen-bond donors (Lipinski definition) is 1. The van der Waals surface area contributed by atoms with E-state index >= 15 is 0 Å². The van der Waals surface area contributed by atoms with E-state index in [-0.39, 0.29) is 17.6 Å². The lowest BCUT2D eigenvalue weighted by Crippen LogP contribution is -2.55. The van der Waals surface area contributed by atoms with Gasteiger partial charge in [-0.1, -0.05) is 17.3 Å². The number of amides is 2. The number of rotatable bonds is 3. The summed E-state index contributed by atoms with van der Waals surface area (Å²) in [6.45, 7) is 6.24. The van der Waals surface area contributed by atoms with Crippen LogP contribution in [0.3, 0.4) is 0 Å².